The minimum absolute atomic E-state index is 0.220. The molecule has 1 aliphatic rings. The Bertz CT molecular complexity index is 784. The van der Waals surface area contributed by atoms with Gasteiger partial charge in [-0.15, -0.1) is 0 Å². The fourth-order valence-corrected chi connectivity index (χ4v) is 2.78. The second-order valence-electron chi connectivity index (χ2n) is 5.60. The molecule has 0 aromatic carbocycles. The van der Waals surface area contributed by atoms with Gasteiger partial charge in [0.25, 0.3) is 11.5 Å². The quantitative estimate of drug-likeness (QED) is 0.787. The molecule has 9 heteroatoms. The average Bonchev–Trinajstić information content (AvgIpc) is 3.22. The van der Waals surface area contributed by atoms with Gasteiger partial charge in [0, 0.05) is 26.6 Å². The lowest BCUT2D eigenvalue weighted by Crippen LogP contribution is -2.34. The number of carbonyl (C=O) groups is 1. The number of nitrogens with zero attached hydrogens (tertiary/aromatic N) is 5. The van der Waals surface area contributed by atoms with E-state index in [0.29, 0.717) is 31.4 Å². The Morgan fingerprint density at radius 1 is 1.46 bits per heavy atom. The highest BCUT2D eigenvalue weighted by Crippen LogP contribution is 2.31. The number of aryl methyl sites for hydroxylation is 1. The molecule has 1 fully saturated rings. The molecule has 0 spiro atoms. The van der Waals surface area contributed by atoms with Crippen molar-refractivity contribution in [2.45, 2.75) is 32.4 Å². The molecule has 1 amide bonds. The summed E-state index contributed by atoms with van der Waals surface area (Å²) in [4.78, 5) is 30.5. The van der Waals surface area contributed by atoms with Crippen LogP contribution >= 0.6 is 0 Å². The Labute approximate surface area is 138 Å². The second kappa shape index (κ2) is 6.91. The van der Waals surface area contributed by atoms with E-state index in [1.807, 2.05) is 0 Å². The topological polar surface area (TPSA) is 103 Å². The van der Waals surface area contributed by atoms with E-state index in [0.717, 1.165) is 12.8 Å². The molecule has 128 valence electrons. The van der Waals surface area contributed by atoms with Gasteiger partial charge in [-0.05, 0) is 18.9 Å². The van der Waals surface area contributed by atoms with E-state index in [4.69, 9.17) is 9.26 Å². The zero-order chi connectivity index (χ0) is 17.1. The van der Waals surface area contributed by atoms with E-state index >= 15 is 0 Å². The van der Waals surface area contributed by atoms with E-state index in [2.05, 4.69) is 15.2 Å². The van der Waals surface area contributed by atoms with Gasteiger partial charge in [-0.3, -0.25) is 9.59 Å². The first-order chi connectivity index (χ1) is 11.6. The first-order valence-corrected chi connectivity index (χ1v) is 7.78. The Hall–Kier alpha value is -2.55. The summed E-state index contributed by atoms with van der Waals surface area (Å²) < 4.78 is 11.2. The summed E-state index contributed by atoms with van der Waals surface area (Å²) in [6.07, 6.45) is 1.63. The van der Waals surface area contributed by atoms with Crippen LogP contribution in [-0.4, -0.2) is 51.0 Å². The third kappa shape index (κ3) is 3.21. The Kier molecular flexibility index (Phi) is 4.70. The maximum atomic E-state index is 12.8. The van der Waals surface area contributed by atoms with Crippen LogP contribution in [0.1, 0.15) is 41.1 Å². The summed E-state index contributed by atoms with van der Waals surface area (Å²) in [6.45, 7) is 2.95. The smallest absolute Gasteiger partial charge is 0.274 e. The largest absolute Gasteiger partial charge is 0.383 e. The minimum atomic E-state index is -0.268. The van der Waals surface area contributed by atoms with Gasteiger partial charge in [-0.1, -0.05) is 5.16 Å². The number of methoxy groups -OCH3 is 1. The molecule has 0 aliphatic carbocycles. The molecule has 1 atom stereocenters. The minimum Gasteiger partial charge on any atom is -0.383 e. The van der Waals surface area contributed by atoms with E-state index in [9.17, 15) is 9.59 Å². The second-order valence-corrected chi connectivity index (χ2v) is 5.60. The standard InChI is InChI=1S/C15H19N5O4/c1-10-16-14(18-24-10)12-4-3-7-19(12)15(22)11-5-6-13(21)20(17-11)8-9-23-2/h5-6,12H,3-4,7-9H2,1-2H3/t12-/m0/s1. The van der Waals surface area contributed by atoms with Crippen LogP contribution in [0.3, 0.4) is 0 Å². The SMILES string of the molecule is COCCn1nc(C(=O)N2CCC[C@H]2c2noc(C)n2)ccc1=O. The van der Waals surface area contributed by atoms with Gasteiger partial charge in [-0.25, -0.2) is 4.68 Å². The molecule has 0 N–H and O–H groups in total. The van der Waals surface area contributed by atoms with E-state index < -0.39 is 0 Å². The van der Waals surface area contributed by atoms with Gasteiger partial charge in [-0.2, -0.15) is 10.1 Å². The molecule has 1 aliphatic heterocycles. The summed E-state index contributed by atoms with van der Waals surface area (Å²) >= 11 is 0. The summed E-state index contributed by atoms with van der Waals surface area (Å²) in [5, 5.41) is 8.08. The van der Waals surface area contributed by atoms with Crippen molar-refractivity contribution in [3.05, 3.63) is 39.9 Å². The van der Waals surface area contributed by atoms with Crippen LogP contribution in [0.4, 0.5) is 0 Å². The highest BCUT2D eigenvalue weighted by molar-refractivity contribution is 5.92. The van der Waals surface area contributed by atoms with Gasteiger partial charge < -0.3 is 14.2 Å². The molecule has 9 nitrogen and oxygen atoms in total. The van der Waals surface area contributed by atoms with Crippen LogP contribution < -0.4 is 5.56 Å². The van der Waals surface area contributed by atoms with Crippen molar-refractivity contribution < 1.29 is 14.1 Å². The van der Waals surface area contributed by atoms with E-state index in [-0.39, 0.29) is 23.2 Å². The Morgan fingerprint density at radius 3 is 3.00 bits per heavy atom. The number of likely N-dealkylation sites (tertiary alicyclic amines) is 1. The van der Waals surface area contributed by atoms with Crippen molar-refractivity contribution in [1.82, 2.24) is 24.8 Å². The maximum absolute atomic E-state index is 12.8. The zero-order valence-electron chi connectivity index (χ0n) is 13.6. The lowest BCUT2D eigenvalue weighted by Gasteiger charge is -2.21. The van der Waals surface area contributed by atoms with Crippen LogP contribution in [0.15, 0.2) is 21.5 Å². The predicted molar refractivity (Wildman–Crippen MR) is 82.4 cm³/mol. The number of rotatable bonds is 5. The number of hydrogen-bond donors (Lipinski definition) is 0. The number of carbonyl (C=O) groups excluding carboxylic acids is 1. The lowest BCUT2D eigenvalue weighted by molar-refractivity contribution is 0.0718. The number of hydrogen-bond acceptors (Lipinski definition) is 7. The zero-order valence-corrected chi connectivity index (χ0v) is 13.6. The number of aromatic nitrogens is 4. The molecule has 1 saturated heterocycles. The highest BCUT2D eigenvalue weighted by Gasteiger charge is 2.34. The summed E-state index contributed by atoms with van der Waals surface area (Å²) in [5.41, 5.74) is -0.0480. The summed E-state index contributed by atoms with van der Waals surface area (Å²) in [7, 11) is 1.54. The summed E-state index contributed by atoms with van der Waals surface area (Å²) in [5.74, 6) is 0.729. The normalized spacial score (nSPS) is 17.4. The number of ether oxygens (including phenoxy) is 1. The van der Waals surface area contributed by atoms with Crippen molar-refractivity contribution >= 4 is 5.91 Å². The number of amides is 1. The predicted octanol–water partition coefficient (Wildman–Crippen LogP) is 0.558. The molecule has 0 unspecified atom stereocenters. The van der Waals surface area contributed by atoms with Gasteiger partial charge >= 0.3 is 0 Å². The molecule has 3 heterocycles. The molecule has 3 rings (SSSR count). The Balaban J connectivity index is 1.84. The summed E-state index contributed by atoms with van der Waals surface area (Å²) in [6, 6.07) is 2.57. The Morgan fingerprint density at radius 2 is 2.29 bits per heavy atom. The van der Waals surface area contributed by atoms with Gasteiger partial charge in [0.1, 0.15) is 5.69 Å². The monoisotopic (exact) mass is 333 g/mol. The first-order valence-electron chi connectivity index (χ1n) is 7.78. The van der Waals surface area contributed by atoms with E-state index in [1.165, 1.54) is 16.8 Å². The molecular weight excluding hydrogens is 314 g/mol. The van der Waals surface area contributed by atoms with Crippen molar-refractivity contribution in [3.8, 4) is 0 Å². The van der Waals surface area contributed by atoms with Crippen molar-refractivity contribution in [2.75, 3.05) is 20.3 Å². The van der Waals surface area contributed by atoms with Crippen LogP contribution in [-0.2, 0) is 11.3 Å². The van der Waals surface area contributed by atoms with Gasteiger partial charge in [0.2, 0.25) is 5.89 Å². The fraction of sp³-hybridized carbons (Fsp3) is 0.533. The fourth-order valence-electron chi connectivity index (χ4n) is 2.78. The highest BCUT2D eigenvalue weighted by atomic mass is 16.5. The lowest BCUT2D eigenvalue weighted by atomic mass is 10.2. The van der Waals surface area contributed by atoms with Crippen molar-refractivity contribution in [1.29, 1.82) is 0 Å². The maximum Gasteiger partial charge on any atom is 0.274 e. The molecule has 2 aromatic heterocycles. The molecule has 0 radical (unpaired) electrons. The molecule has 0 bridgehead atoms. The van der Waals surface area contributed by atoms with Crippen LogP contribution in [0.2, 0.25) is 0 Å². The average molecular weight is 333 g/mol. The molecule has 2 aromatic rings. The van der Waals surface area contributed by atoms with E-state index in [1.54, 1.807) is 18.9 Å². The van der Waals surface area contributed by atoms with Crippen molar-refractivity contribution in [3.63, 3.8) is 0 Å². The van der Waals surface area contributed by atoms with Gasteiger partial charge in [0.05, 0.1) is 19.2 Å². The van der Waals surface area contributed by atoms with Gasteiger partial charge in [0.15, 0.2) is 5.82 Å². The van der Waals surface area contributed by atoms with Crippen LogP contribution in [0, 0.1) is 6.92 Å². The third-order valence-corrected chi connectivity index (χ3v) is 3.95. The van der Waals surface area contributed by atoms with Crippen LogP contribution in [0.5, 0.6) is 0 Å². The van der Waals surface area contributed by atoms with Crippen molar-refractivity contribution in [2.24, 2.45) is 0 Å². The third-order valence-electron chi connectivity index (χ3n) is 3.95. The molecule has 0 saturated carbocycles. The molecular formula is C15H19N5O4. The van der Waals surface area contributed by atoms with Crippen LogP contribution in [0.25, 0.3) is 0 Å². The first kappa shape index (κ1) is 16.3. The molecule has 24 heavy (non-hydrogen) atoms.